The van der Waals surface area contributed by atoms with E-state index >= 15 is 0 Å². The zero-order valence-corrected chi connectivity index (χ0v) is 14.2. The van der Waals surface area contributed by atoms with Crippen molar-refractivity contribution in [3.8, 4) is 0 Å². The summed E-state index contributed by atoms with van der Waals surface area (Å²) in [5, 5.41) is -0.0539. The van der Waals surface area contributed by atoms with Crippen molar-refractivity contribution in [2.45, 2.75) is 64.8 Å². The van der Waals surface area contributed by atoms with Gasteiger partial charge in [-0.2, -0.15) is 0 Å². The molecule has 0 aliphatic heterocycles. The molecule has 2 nitrogen and oxygen atoms in total. The van der Waals surface area contributed by atoms with Crippen molar-refractivity contribution in [1.29, 1.82) is 0 Å². The van der Waals surface area contributed by atoms with E-state index in [2.05, 4.69) is 43.5 Å². The highest BCUT2D eigenvalue weighted by atomic mass is 35.5. The Balaban J connectivity index is 2.16. The maximum Gasteiger partial charge on any atom is 0.127 e. The van der Waals surface area contributed by atoms with Gasteiger partial charge in [0.2, 0.25) is 0 Å². The number of nitrogens with zero attached hydrogens (tertiary/aromatic N) is 2. The molecule has 114 valence electrons. The lowest BCUT2D eigenvalue weighted by molar-refractivity contribution is 0.183. The van der Waals surface area contributed by atoms with Gasteiger partial charge in [-0.1, -0.05) is 32.4 Å². The smallest absolute Gasteiger partial charge is 0.127 e. The first kappa shape index (κ1) is 14.9. The summed E-state index contributed by atoms with van der Waals surface area (Å²) in [6.45, 7) is 8.93. The van der Waals surface area contributed by atoms with Gasteiger partial charge in [-0.05, 0) is 50.2 Å². The Labute approximate surface area is 132 Å². The lowest BCUT2D eigenvalue weighted by atomic mass is 9.75. The van der Waals surface area contributed by atoms with Crippen LogP contribution in [0.3, 0.4) is 0 Å². The van der Waals surface area contributed by atoms with Gasteiger partial charge in [-0.3, -0.25) is 0 Å². The summed E-state index contributed by atoms with van der Waals surface area (Å²) in [5.41, 5.74) is 4.01. The molecule has 0 saturated heterocycles. The van der Waals surface area contributed by atoms with Gasteiger partial charge in [0.1, 0.15) is 5.82 Å². The molecule has 1 aliphatic carbocycles. The standard InChI is InChI=1S/C18H25ClN2/c1-12-7-5-9-15-16(12)20-17(13(2)19)21(15)14-8-6-10-18(3,4)11-14/h5,7,9,13-14H,6,8,10-11H2,1-4H3. The third kappa shape index (κ3) is 2.70. The molecule has 3 rings (SSSR count). The Morgan fingerprint density at radius 2 is 2.14 bits per heavy atom. The third-order valence-corrected chi connectivity index (χ3v) is 5.04. The molecular weight excluding hydrogens is 280 g/mol. The molecule has 1 fully saturated rings. The summed E-state index contributed by atoms with van der Waals surface area (Å²) in [6.07, 6.45) is 5.06. The van der Waals surface area contributed by atoms with Crippen molar-refractivity contribution in [2.75, 3.05) is 0 Å². The minimum absolute atomic E-state index is 0.0539. The molecule has 0 N–H and O–H groups in total. The number of halogens is 1. The number of imidazole rings is 1. The Bertz CT molecular complexity index is 655. The number of hydrogen-bond acceptors (Lipinski definition) is 1. The molecule has 1 heterocycles. The van der Waals surface area contributed by atoms with Gasteiger partial charge in [0.05, 0.1) is 16.4 Å². The zero-order valence-electron chi connectivity index (χ0n) is 13.5. The highest BCUT2D eigenvalue weighted by Gasteiger charge is 2.31. The monoisotopic (exact) mass is 304 g/mol. The first-order valence-corrected chi connectivity index (χ1v) is 8.44. The van der Waals surface area contributed by atoms with E-state index in [4.69, 9.17) is 16.6 Å². The SMILES string of the molecule is Cc1cccc2c1nc(C(C)Cl)n2C1CCCC(C)(C)C1. The molecule has 1 aromatic carbocycles. The van der Waals surface area contributed by atoms with Crippen LogP contribution in [0.5, 0.6) is 0 Å². The van der Waals surface area contributed by atoms with Crippen LogP contribution in [-0.2, 0) is 0 Å². The number of para-hydroxylation sites is 1. The van der Waals surface area contributed by atoms with E-state index in [1.54, 1.807) is 0 Å². The Hall–Kier alpha value is -1.02. The normalized spacial score (nSPS) is 23.4. The highest BCUT2D eigenvalue weighted by Crippen LogP contribution is 2.43. The second kappa shape index (κ2) is 5.31. The summed E-state index contributed by atoms with van der Waals surface area (Å²) in [6, 6.07) is 6.98. The van der Waals surface area contributed by atoms with Gasteiger partial charge in [0.15, 0.2) is 0 Å². The fraction of sp³-hybridized carbons (Fsp3) is 0.611. The van der Waals surface area contributed by atoms with Crippen LogP contribution >= 0.6 is 11.6 Å². The molecule has 2 unspecified atom stereocenters. The predicted octanol–water partition coefficient (Wildman–Crippen LogP) is 5.79. The van der Waals surface area contributed by atoms with E-state index < -0.39 is 0 Å². The first-order valence-electron chi connectivity index (χ1n) is 8.00. The summed E-state index contributed by atoms with van der Waals surface area (Å²) in [7, 11) is 0. The number of fused-ring (bicyclic) bond motifs is 1. The fourth-order valence-corrected chi connectivity index (χ4v) is 3.97. The highest BCUT2D eigenvalue weighted by molar-refractivity contribution is 6.20. The molecule has 1 aliphatic rings. The minimum atomic E-state index is -0.0539. The van der Waals surface area contributed by atoms with Crippen LogP contribution in [0.4, 0.5) is 0 Å². The molecule has 0 radical (unpaired) electrons. The van der Waals surface area contributed by atoms with Gasteiger partial charge in [-0.25, -0.2) is 4.98 Å². The maximum absolute atomic E-state index is 6.44. The van der Waals surface area contributed by atoms with Crippen molar-refractivity contribution in [2.24, 2.45) is 5.41 Å². The van der Waals surface area contributed by atoms with Gasteiger partial charge in [0, 0.05) is 6.04 Å². The Morgan fingerprint density at radius 3 is 2.81 bits per heavy atom. The van der Waals surface area contributed by atoms with Crippen molar-refractivity contribution < 1.29 is 0 Å². The average Bonchev–Trinajstić information content (AvgIpc) is 2.78. The molecule has 0 amide bonds. The van der Waals surface area contributed by atoms with Crippen molar-refractivity contribution >= 4 is 22.6 Å². The molecule has 3 heteroatoms. The van der Waals surface area contributed by atoms with Gasteiger partial charge in [0.25, 0.3) is 0 Å². The van der Waals surface area contributed by atoms with Crippen LogP contribution in [-0.4, -0.2) is 9.55 Å². The topological polar surface area (TPSA) is 17.8 Å². The van der Waals surface area contributed by atoms with Crippen molar-refractivity contribution in [3.63, 3.8) is 0 Å². The molecule has 1 aromatic heterocycles. The van der Waals surface area contributed by atoms with Crippen molar-refractivity contribution in [1.82, 2.24) is 9.55 Å². The number of alkyl halides is 1. The summed E-state index contributed by atoms with van der Waals surface area (Å²) < 4.78 is 2.43. The fourth-order valence-electron chi connectivity index (χ4n) is 3.82. The molecule has 1 saturated carbocycles. The number of aromatic nitrogens is 2. The quantitative estimate of drug-likeness (QED) is 0.642. The second-order valence-electron chi connectivity index (χ2n) is 7.31. The van der Waals surface area contributed by atoms with E-state index in [0.717, 1.165) is 11.3 Å². The van der Waals surface area contributed by atoms with Crippen LogP contribution in [0.1, 0.15) is 69.3 Å². The van der Waals surface area contributed by atoms with E-state index in [1.165, 1.54) is 36.8 Å². The Morgan fingerprint density at radius 1 is 1.38 bits per heavy atom. The molecule has 2 aromatic rings. The van der Waals surface area contributed by atoms with Crippen LogP contribution in [0.2, 0.25) is 0 Å². The second-order valence-corrected chi connectivity index (χ2v) is 7.97. The summed E-state index contributed by atoms with van der Waals surface area (Å²) in [5.74, 6) is 1.03. The third-order valence-electron chi connectivity index (χ3n) is 4.85. The molecule has 0 bridgehead atoms. The minimum Gasteiger partial charge on any atom is -0.324 e. The largest absolute Gasteiger partial charge is 0.324 e. The van der Waals surface area contributed by atoms with Gasteiger partial charge in [-0.15, -0.1) is 11.6 Å². The van der Waals surface area contributed by atoms with Gasteiger partial charge < -0.3 is 4.57 Å². The Kier molecular flexibility index (Phi) is 3.77. The average molecular weight is 305 g/mol. The van der Waals surface area contributed by atoms with E-state index in [1.807, 2.05) is 6.92 Å². The zero-order chi connectivity index (χ0) is 15.2. The number of benzene rings is 1. The van der Waals surface area contributed by atoms with Crippen LogP contribution < -0.4 is 0 Å². The molecule has 2 atom stereocenters. The van der Waals surface area contributed by atoms with Gasteiger partial charge >= 0.3 is 0 Å². The first-order chi connectivity index (χ1) is 9.89. The summed E-state index contributed by atoms with van der Waals surface area (Å²) >= 11 is 6.44. The number of aryl methyl sites for hydroxylation is 1. The predicted molar refractivity (Wildman–Crippen MR) is 90.0 cm³/mol. The number of hydrogen-bond donors (Lipinski definition) is 0. The van der Waals surface area contributed by atoms with Crippen LogP contribution in [0.25, 0.3) is 11.0 Å². The van der Waals surface area contributed by atoms with Crippen LogP contribution in [0, 0.1) is 12.3 Å². The lowest BCUT2D eigenvalue weighted by Gasteiger charge is -2.37. The van der Waals surface area contributed by atoms with E-state index in [0.29, 0.717) is 11.5 Å². The van der Waals surface area contributed by atoms with E-state index in [9.17, 15) is 0 Å². The van der Waals surface area contributed by atoms with Crippen molar-refractivity contribution in [3.05, 3.63) is 29.6 Å². The molecular formula is C18H25ClN2. The van der Waals surface area contributed by atoms with Crippen LogP contribution in [0.15, 0.2) is 18.2 Å². The molecule has 0 spiro atoms. The lowest BCUT2D eigenvalue weighted by Crippen LogP contribution is -2.26. The number of rotatable bonds is 2. The maximum atomic E-state index is 6.44. The molecule has 21 heavy (non-hydrogen) atoms. The summed E-state index contributed by atoms with van der Waals surface area (Å²) in [4.78, 5) is 4.87. The van der Waals surface area contributed by atoms with E-state index in [-0.39, 0.29) is 5.38 Å².